The molecule has 0 spiro atoms. The highest BCUT2D eigenvalue weighted by molar-refractivity contribution is 5.81. The van der Waals surface area contributed by atoms with Crippen molar-refractivity contribution in [2.24, 2.45) is 5.92 Å². The minimum atomic E-state index is 0.0916. The Hall–Kier alpha value is -1.39. The van der Waals surface area contributed by atoms with Gasteiger partial charge in [0.05, 0.1) is 6.04 Å². The first-order valence-electron chi connectivity index (χ1n) is 8.87. The monoisotopic (exact) mass is 315 g/mol. The molecule has 3 rings (SSSR count). The van der Waals surface area contributed by atoms with Crippen LogP contribution < -0.4 is 5.32 Å². The Kier molecular flexibility index (Phi) is 5.34. The normalized spacial score (nSPS) is 21.3. The molecule has 1 amide bonds. The van der Waals surface area contributed by atoms with Gasteiger partial charge in [0.1, 0.15) is 0 Å². The number of rotatable bonds is 6. The lowest BCUT2D eigenvalue weighted by Crippen LogP contribution is -2.45. The van der Waals surface area contributed by atoms with Crippen molar-refractivity contribution < 1.29 is 4.79 Å². The number of likely N-dealkylation sites (N-methyl/N-ethyl adjacent to an activating group) is 1. The molecule has 2 aliphatic rings. The molecule has 1 saturated carbocycles. The fraction of sp³-hybridized carbons (Fsp3) is 0.632. The first-order chi connectivity index (χ1) is 11.1. The van der Waals surface area contributed by atoms with E-state index in [1.165, 1.54) is 31.5 Å². The zero-order valence-corrected chi connectivity index (χ0v) is 14.4. The molecular weight excluding hydrogens is 286 g/mol. The van der Waals surface area contributed by atoms with Gasteiger partial charge in [0.2, 0.25) is 5.91 Å². The summed E-state index contributed by atoms with van der Waals surface area (Å²) in [6, 6.07) is 11.1. The summed E-state index contributed by atoms with van der Waals surface area (Å²) in [4.78, 5) is 17.1. The maximum Gasteiger partial charge on any atom is 0.223 e. The molecule has 126 valence electrons. The predicted molar refractivity (Wildman–Crippen MR) is 93.2 cm³/mol. The minimum absolute atomic E-state index is 0.0916. The lowest BCUT2D eigenvalue weighted by atomic mass is 10.0. The molecular formula is C19H29N3O. The molecule has 2 fully saturated rings. The third kappa shape index (κ3) is 4.55. The quantitative estimate of drug-likeness (QED) is 0.875. The molecule has 1 atom stereocenters. The number of piperidine rings is 1. The average Bonchev–Trinajstić information content (AvgIpc) is 3.40. The van der Waals surface area contributed by atoms with Gasteiger partial charge in [-0.1, -0.05) is 30.3 Å². The van der Waals surface area contributed by atoms with Crippen LogP contribution in [0.1, 0.15) is 37.3 Å². The minimum Gasteiger partial charge on any atom is -0.348 e. The summed E-state index contributed by atoms with van der Waals surface area (Å²) in [5, 5.41) is 3.28. The highest BCUT2D eigenvalue weighted by Crippen LogP contribution is 2.30. The Bertz CT molecular complexity index is 507. The van der Waals surface area contributed by atoms with E-state index in [2.05, 4.69) is 53.5 Å². The lowest BCUT2D eigenvalue weighted by Gasteiger charge is -2.37. The van der Waals surface area contributed by atoms with Crippen molar-refractivity contribution in [1.29, 1.82) is 0 Å². The zero-order valence-electron chi connectivity index (χ0n) is 14.4. The van der Waals surface area contributed by atoms with Crippen molar-refractivity contribution in [1.82, 2.24) is 15.1 Å². The molecule has 0 aromatic heterocycles. The van der Waals surface area contributed by atoms with E-state index in [0.717, 1.165) is 19.4 Å². The molecule has 1 aromatic carbocycles. The fourth-order valence-electron chi connectivity index (χ4n) is 3.43. The summed E-state index contributed by atoms with van der Waals surface area (Å²) in [5.74, 6) is 0.491. The van der Waals surface area contributed by atoms with Crippen LogP contribution in [-0.2, 0) is 4.79 Å². The van der Waals surface area contributed by atoms with Gasteiger partial charge in [-0.15, -0.1) is 0 Å². The largest absolute Gasteiger partial charge is 0.348 e. The van der Waals surface area contributed by atoms with Gasteiger partial charge in [0.15, 0.2) is 0 Å². The van der Waals surface area contributed by atoms with Gasteiger partial charge >= 0.3 is 0 Å². The average molecular weight is 315 g/mol. The van der Waals surface area contributed by atoms with Gasteiger partial charge < -0.3 is 15.1 Å². The van der Waals surface area contributed by atoms with Crippen LogP contribution in [0.5, 0.6) is 0 Å². The maximum atomic E-state index is 12.3. The fourth-order valence-corrected chi connectivity index (χ4v) is 3.43. The molecule has 4 heteroatoms. The van der Waals surface area contributed by atoms with E-state index in [0.29, 0.717) is 6.04 Å². The van der Waals surface area contributed by atoms with Crippen LogP contribution in [0.4, 0.5) is 0 Å². The summed E-state index contributed by atoms with van der Waals surface area (Å²) in [7, 11) is 4.40. The van der Waals surface area contributed by atoms with Crippen molar-refractivity contribution in [2.45, 2.75) is 37.8 Å². The summed E-state index contributed by atoms with van der Waals surface area (Å²) >= 11 is 0. The van der Waals surface area contributed by atoms with Crippen molar-refractivity contribution in [3.8, 4) is 0 Å². The number of nitrogens with one attached hydrogen (secondary N) is 1. The summed E-state index contributed by atoms with van der Waals surface area (Å²) < 4.78 is 0. The molecule has 1 aliphatic heterocycles. The number of nitrogens with zero attached hydrogens (tertiary/aromatic N) is 2. The molecule has 1 aromatic rings. The van der Waals surface area contributed by atoms with Crippen LogP contribution in [0, 0.1) is 5.92 Å². The summed E-state index contributed by atoms with van der Waals surface area (Å²) in [6.45, 7) is 3.22. The number of likely N-dealkylation sites (tertiary alicyclic amines) is 1. The van der Waals surface area contributed by atoms with E-state index in [-0.39, 0.29) is 17.9 Å². The number of benzene rings is 1. The van der Waals surface area contributed by atoms with Gasteiger partial charge in [0.25, 0.3) is 0 Å². The van der Waals surface area contributed by atoms with E-state index < -0.39 is 0 Å². The topological polar surface area (TPSA) is 35.6 Å². The van der Waals surface area contributed by atoms with Gasteiger partial charge in [-0.3, -0.25) is 4.79 Å². The Morgan fingerprint density at radius 3 is 2.48 bits per heavy atom. The standard InChI is InChI=1S/C19H29N3O/c1-21-12-10-17(11-13-21)22(2)14-18(15-6-4-3-5-7-15)20-19(23)16-8-9-16/h3-7,16-18H,8-14H2,1-2H3,(H,20,23). The second-order valence-electron chi connectivity index (χ2n) is 7.22. The van der Waals surface area contributed by atoms with E-state index in [1.54, 1.807) is 0 Å². The van der Waals surface area contributed by atoms with Crippen LogP contribution >= 0.6 is 0 Å². The van der Waals surface area contributed by atoms with Crippen LogP contribution in [0.15, 0.2) is 30.3 Å². The highest BCUT2D eigenvalue weighted by atomic mass is 16.2. The maximum absolute atomic E-state index is 12.3. The third-order valence-corrected chi connectivity index (χ3v) is 5.25. The van der Waals surface area contributed by atoms with Crippen molar-refractivity contribution >= 4 is 5.91 Å². The second-order valence-corrected chi connectivity index (χ2v) is 7.22. The van der Waals surface area contributed by atoms with E-state index in [9.17, 15) is 4.79 Å². The molecule has 1 N–H and O–H groups in total. The summed E-state index contributed by atoms with van der Waals surface area (Å²) in [5.41, 5.74) is 1.21. The predicted octanol–water partition coefficient (Wildman–Crippen LogP) is 2.28. The van der Waals surface area contributed by atoms with E-state index >= 15 is 0 Å². The molecule has 0 radical (unpaired) electrons. The molecule has 1 heterocycles. The van der Waals surface area contributed by atoms with Gasteiger partial charge in [-0.05, 0) is 58.4 Å². The Labute approximate surface area is 139 Å². The lowest BCUT2D eigenvalue weighted by molar-refractivity contribution is -0.123. The third-order valence-electron chi connectivity index (χ3n) is 5.25. The van der Waals surface area contributed by atoms with Crippen LogP contribution in [0.25, 0.3) is 0 Å². The van der Waals surface area contributed by atoms with E-state index in [1.807, 2.05) is 6.07 Å². The first-order valence-corrected chi connectivity index (χ1v) is 8.87. The number of hydrogen-bond donors (Lipinski definition) is 1. The molecule has 1 saturated heterocycles. The molecule has 23 heavy (non-hydrogen) atoms. The molecule has 0 bridgehead atoms. The Balaban J connectivity index is 1.64. The van der Waals surface area contributed by atoms with Crippen molar-refractivity contribution in [3.05, 3.63) is 35.9 Å². The smallest absolute Gasteiger partial charge is 0.223 e. The number of carbonyl (C=O) groups is 1. The Morgan fingerprint density at radius 1 is 1.22 bits per heavy atom. The van der Waals surface area contributed by atoms with Crippen LogP contribution in [0.2, 0.25) is 0 Å². The molecule has 1 aliphatic carbocycles. The van der Waals surface area contributed by atoms with Crippen molar-refractivity contribution in [2.75, 3.05) is 33.7 Å². The zero-order chi connectivity index (χ0) is 16.2. The van der Waals surface area contributed by atoms with Crippen LogP contribution in [-0.4, -0.2) is 55.5 Å². The highest BCUT2D eigenvalue weighted by Gasteiger charge is 2.32. The van der Waals surface area contributed by atoms with Crippen molar-refractivity contribution in [3.63, 3.8) is 0 Å². The van der Waals surface area contributed by atoms with Gasteiger partial charge in [-0.25, -0.2) is 0 Å². The number of carbonyl (C=O) groups excluding carboxylic acids is 1. The second kappa shape index (κ2) is 7.45. The van der Waals surface area contributed by atoms with E-state index in [4.69, 9.17) is 0 Å². The summed E-state index contributed by atoms with van der Waals surface area (Å²) in [6.07, 6.45) is 4.53. The SMILES string of the molecule is CN1CCC(N(C)CC(NC(=O)C2CC2)c2ccccc2)CC1. The molecule has 4 nitrogen and oxygen atoms in total. The van der Waals surface area contributed by atoms with Gasteiger partial charge in [-0.2, -0.15) is 0 Å². The Morgan fingerprint density at radius 2 is 1.87 bits per heavy atom. The number of amides is 1. The van der Waals surface area contributed by atoms with Crippen LogP contribution in [0.3, 0.4) is 0 Å². The number of hydrogen-bond acceptors (Lipinski definition) is 3. The van der Waals surface area contributed by atoms with Gasteiger partial charge in [0, 0.05) is 18.5 Å². The molecule has 1 unspecified atom stereocenters. The first kappa shape index (κ1) is 16.5.